The molecule has 4 aliphatic rings. The smallest absolute Gasteiger partial charge is 0.312 e. The molecule has 0 aromatic carbocycles. The SMILES string of the molecule is C=CCCCCOC(=O)[C@H]1[C@H]2C(=O)N(CCO)C(C(=O)N(CC=C)C3CCCCC3)C23CC(C)[C@]1(C)O3. The predicted molar refractivity (Wildman–Crippen MR) is 139 cm³/mol. The fraction of sp³-hybridized carbons (Fsp3) is 0.759. The number of hydrogen-bond acceptors (Lipinski definition) is 6. The second kappa shape index (κ2) is 11.3. The Kier molecular flexibility index (Phi) is 8.48. The summed E-state index contributed by atoms with van der Waals surface area (Å²) in [6.45, 7) is 11.9. The van der Waals surface area contributed by atoms with Crippen molar-refractivity contribution in [2.45, 2.75) is 94.9 Å². The van der Waals surface area contributed by atoms with Crippen molar-refractivity contribution in [1.82, 2.24) is 9.80 Å². The topological polar surface area (TPSA) is 96.4 Å². The van der Waals surface area contributed by atoms with Gasteiger partial charge in [0.25, 0.3) is 0 Å². The van der Waals surface area contributed by atoms with Crippen molar-refractivity contribution >= 4 is 17.8 Å². The molecular formula is C29H44N2O6. The lowest BCUT2D eigenvalue weighted by Crippen LogP contribution is -2.58. The summed E-state index contributed by atoms with van der Waals surface area (Å²) in [6, 6.07) is -0.794. The van der Waals surface area contributed by atoms with E-state index in [2.05, 4.69) is 13.2 Å². The van der Waals surface area contributed by atoms with E-state index < -0.39 is 35.0 Å². The van der Waals surface area contributed by atoms with Gasteiger partial charge in [-0.1, -0.05) is 38.3 Å². The molecule has 6 atom stereocenters. The molecule has 4 rings (SSSR count). The first-order chi connectivity index (χ1) is 17.8. The maximum atomic E-state index is 14.3. The zero-order valence-corrected chi connectivity index (χ0v) is 22.5. The van der Waals surface area contributed by atoms with Crippen LogP contribution in [0.4, 0.5) is 0 Å². The highest BCUT2D eigenvalue weighted by atomic mass is 16.6. The van der Waals surface area contributed by atoms with Gasteiger partial charge in [-0.05, 0) is 51.4 Å². The second-order valence-corrected chi connectivity index (χ2v) is 11.5. The number of ether oxygens (including phenoxy) is 2. The number of β-amino-alcohol motifs (C(OH)–C–C–N with tert-alkyl or cyclic N) is 1. The number of carbonyl (C=O) groups is 3. The lowest BCUT2D eigenvalue weighted by molar-refractivity contribution is -0.162. The van der Waals surface area contributed by atoms with E-state index in [4.69, 9.17) is 9.47 Å². The fourth-order valence-corrected chi connectivity index (χ4v) is 7.49. The van der Waals surface area contributed by atoms with Crippen molar-refractivity contribution in [2.24, 2.45) is 17.8 Å². The largest absolute Gasteiger partial charge is 0.465 e. The van der Waals surface area contributed by atoms with Crippen molar-refractivity contribution < 1.29 is 29.0 Å². The summed E-state index contributed by atoms with van der Waals surface area (Å²) in [4.78, 5) is 45.1. The molecule has 0 aromatic rings. The summed E-state index contributed by atoms with van der Waals surface area (Å²) >= 11 is 0. The van der Waals surface area contributed by atoms with Crippen LogP contribution < -0.4 is 0 Å². The number of unbranched alkanes of at least 4 members (excludes halogenated alkanes) is 2. The van der Waals surface area contributed by atoms with E-state index in [1.807, 2.05) is 24.8 Å². The Morgan fingerprint density at radius 3 is 2.59 bits per heavy atom. The number of rotatable bonds is 12. The van der Waals surface area contributed by atoms with Crippen LogP contribution in [0.2, 0.25) is 0 Å². The minimum Gasteiger partial charge on any atom is -0.465 e. The summed E-state index contributed by atoms with van der Waals surface area (Å²) in [7, 11) is 0. The van der Waals surface area contributed by atoms with Gasteiger partial charge in [0.15, 0.2) is 0 Å². The van der Waals surface area contributed by atoms with Crippen molar-refractivity contribution in [2.75, 3.05) is 26.3 Å². The predicted octanol–water partition coefficient (Wildman–Crippen LogP) is 3.24. The zero-order chi connectivity index (χ0) is 26.8. The summed E-state index contributed by atoms with van der Waals surface area (Å²) < 4.78 is 12.4. The molecule has 3 heterocycles. The lowest BCUT2D eigenvalue weighted by atomic mass is 9.62. The maximum absolute atomic E-state index is 14.3. The molecule has 3 aliphatic heterocycles. The molecule has 0 aromatic heterocycles. The molecule has 2 amide bonds. The normalized spacial score (nSPS) is 34.9. The average molecular weight is 517 g/mol. The first-order valence-electron chi connectivity index (χ1n) is 14.1. The third-order valence-corrected chi connectivity index (χ3v) is 9.31. The van der Waals surface area contributed by atoms with Gasteiger partial charge in [-0.3, -0.25) is 14.4 Å². The van der Waals surface area contributed by atoms with E-state index in [0.29, 0.717) is 13.0 Å². The fourth-order valence-electron chi connectivity index (χ4n) is 7.49. The Labute approximate surface area is 221 Å². The number of carbonyl (C=O) groups excluding carboxylic acids is 3. The molecule has 4 fully saturated rings. The minimum atomic E-state index is -1.11. The maximum Gasteiger partial charge on any atom is 0.312 e. The van der Waals surface area contributed by atoms with Crippen molar-refractivity contribution in [1.29, 1.82) is 0 Å². The van der Waals surface area contributed by atoms with Crippen LogP contribution in [-0.2, 0) is 23.9 Å². The highest BCUT2D eigenvalue weighted by molar-refractivity contribution is 5.98. The van der Waals surface area contributed by atoms with Gasteiger partial charge >= 0.3 is 5.97 Å². The van der Waals surface area contributed by atoms with Gasteiger partial charge in [-0.25, -0.2) is 0 Å². The number of allylic oxidation sites excluding steroid dienone is 1. The molecule has 206 valence electrons. The Balaban J connectivity index is 1.66. The highest BCUT2D eigenvalue weighted by Gasteiger charge is 2.80. The molecule has 8 nitrogen and oxygen atoms in total. The summed E-state index contributed by atoms with van der Waals surface area (Å²) in [5.41, 5.74) is -2.01. The van der Waals surface area contributed by atoms with Crippen LogP contribution in [0.3, 0.4) is 0 Å². The molecule has 1 saturated carbocycles. The lowest BCUT2D eigenvalue weighted by Gasteiger charge is -2.40. The number of nitrogens with zero attached hydrogens (tertiary/aromatic N) is 2. The summed E-state index contributed by atoms with van der Waals surface area (Å²) in [6.07, 6.45) is 11.7. The van der Waals surface area contributed by atoms with Gasteiger partial charge in [0.2, 0.25) is 11.8 Å². The molecular weight excluding hydrogens is 472 g/mol. The Morgan fingerprint density at radius 1 is 1.22 bits per heavy atom. The molecule has 3 saturated heterocycles. The number of aliphatic hydroxyl groups is 1. The number of amides is 2. The van der Waals surface area contributed by atoms with Crippen LogP contribution in [0.1, 0.15) is 71.6 Å². The van der Waals surface area contributed by atoms with Gasteiger partial charge in [-0.15, -0.1) is 13.2 Å². The molecule has 2 bridgehead atoms. The van der Waals surface area contributed by atoms with Crippen LogP contribution in [0.15, 0.2) is 25.3 Å². The first kappa shape index (κ1) is 27.8. The van der Waals surface area contributed by atoms with Crippen LogP contribution in [0, 0.1) is 17.8 Å². The number of fused-ring (bicyclic) bond motifs is 1. The van der Waals surface area contributed by atoms with Crippen molar-refractivity contribution in [3.05, 3.63) is 25.3 Å². The molecule has 3 unspecified atom stereocenters. The third kappa shape index (κ3) is 4.65. The zero-order valence-electron chi connectivity index (χ0n) is 22.5. The van der Waals surface area contributed by atoms with E-state index in [9.17, 15) is 19.5 Å². The third-order valence-electron chi connectivity index (χ3n) is 9.31. The second-order valence-electron chi connectivity index (χ2n) is 11.5. The average Bonchev–Trinajstić information content (AvgIpc) is 3.39. The van der Waals surface area contributed by atoms with Gasteiger partial charge in [0.05, 0.1) is 24.7 Å². The molecule has 1 spiro atoms. The van der Waals surface area contributed by atoms with E-state index in [1.165, 1.54) is 4.90 Å². The minimum absolute atomic E-state index is 0.0257. The van der Waals surface area contributed by atoms with Gasteiger partial charge < -0.3 is 24.4 Å². The van der Waals surface area contributed by atoms with Gasteiger partial charge in [-0.2, -0.15) is 0 Å². The number of hydrogen-bond donors (Lipinski definition) is 1. The van der Waals surface area contributed by atoms with Crippen LogP contribution in [0.5, 0.6) is 0 Å². The summed E-state index contributed by atoms with van der Waals surface area (Å²) in [5, 5.41) is 9.86. The first-order valence-corrected chi connectivity index (χ1v) is 14.1. The molecule has 37 heavy (non-hydrogen) atoms. The van der Waals surface area contributed by atoms with Crippen LogP contribution in [0.25, 0.3) is 0 Å². The van der Waals surface area contributed by atoms with Crippen molar-refractivity contribution in [3.63, 3.8) is 0 Å². The van der Waals surface area contributed by atoms with E-state index in [1.54, 1.807) is 6.08 Å². The van der Waals surface area contributed by atoms with Gasteiger partial charge in [0, 0.05) is 19.1 Å². The Bertz CT molecular complexity index is 901. The van der Waals surface area contributed by atoms with Crippen LogP contribution in [-0.4, -0.2) is 82.3 Å². The monoisotopic (exact) mass is 516 g/mol. The van der Waals surface area contributed by atoms with Crippen molar-refractivity contribution in [3.8, 4) is 0 Å². The number of likely N-dealkylation sites (tertiary alicyclic amines) is 1. The van der Waals surface area contributed by atoms with E-state index in [-0.39, 0.29) is 43.5 Å². The molecule has 8 heteroatoms. The highest BCUT2D eigenvalue weighted by Crippen LogP contribution is 2.65. The standard InChI is InChI=1S/C29H44N2O6/c1-5-7-8-12-18-36-27(35)23-22-25(33)31(16-17-32)24(29(22)19-20(3)28(23,4)37-29)26(34)30(15-6-2)21-13-10-9-11-14-21/h5-6,20-24,32H,1-2,7-19H2,3-4H3/t20?,22-,23+,24?,28-,29?/m0/s1. The Hall–Kier alpha value is -2.19. The van der Waals surface area contributed by atoms with E-state index in [0.717, 1.165) is 51.4 Å². The quantitative estimate of drug-likeness (QED) is 0.243. The number of aliphatic hydroxyl groups excluding tert-OH is 1. The number of esters is 1. The van der Waals surface area contributed by atoms with E-state index >= 15 is 0 Å². The summed E-state index contributed by atoms with van der Waals surface area (Å²) in [5.74, 6) is -2.51. The molecule has 0 radical (unpaired) electrons. The molecule has 1 aliphatic carbocycles. The van der Waals surface area contributed by atoms with Crippen LogP contribution >= 0.6 is 0 Å². The Morgan fingerprint density at radius 2 is 1.95 bits per heavy atom. The molecule has 1 N–H and O–H groups in total. The van der Waals surface area contributed by atoms with Gasteiger partial charge in [0.1, 0.15) is 17.6 Å².